The molecule has 0 aliphatic rings. The largest absolute Gasteiger partial charge is 0.497 e. The first-order chi connectivity index (χ1) is 13.6. The molecule has 0 amide bonds. The van der Waals surface area contributed by atoms with Gasteiger partial charge in [-0.15, -0.1) is 0 Å². The number of rotatable bonds is 4. The molecule has 140 valence electrons. The van der Waals surface area contributed by atoms with E-state index in [1.165, 1.54) is 11.1 Å². The fourth-order valence-electron chi connectivity index (χ4n) is 3.05. The molecule has 0 saturated heterocycles. The van der Waals surface area contributed by atoms with Crippen molar-refractivity contribution in [1.29, 1.82) is 0 Å². The van der Waals surface area contributed by atoms with Crippen LogP contribution in [0.5, 0.6) is 5.75 Å². The number of aryl methyl sites for hydroxylation is 2. The number of nitrogens with zero attached hydrogens (tertiary/aromatic N) is 1. The first-order valence-corrected chi connectivity index (χ1v) is 9.18. The van der Waals surface area contributed by atoms with E-state index in [9.17, 15) is 0 Å². The van der Waals surface area contributed by atoms with Crippen LogP contribution in [-0.4, -0.2) is 7.11 Å². The van der Waals surface area contributed by atoms with E-state index in [2.05, 4.69) is 36.5 Å². The van der Waals surface area contributed by atoms with Crippen LogP contribution in [0.4, 0.5) is 5.69 Å². The van der Waals surface area contributed by atoms with Crippen LogP contribution in [0.1, 0.15) is 11.1 Å². The first-order valence-electron chi connectivity index (χ1n) is 9.18. The van der Waals surface area contributed by atoms with Crippen LogP contribution in [0.25, 0.3) is 22.3 Å². The lowest BCUT2D eigenvalue weighted by Gasteiger charge is -2.09. The third-order valence-corrected chi connectivity index (χ3v) is 4.81. The summed E-state index contributed by atoms with van der Waals surface area (Å²) in [5, 5.41) is 6.47. The molecule has 0 saturated carbocycles. The zero-order valence-corrected chi connectivity index (χ0v) is 16.2. The third-order valence-electron chi connectivity index (χ3n) is 4.81. The Hall–Kier alpha value is -3.53. The summed E-state index contributed by atoms with van der Waals surface area (Å²) >= 11 is 0. The van der Waals surface area contributed by atoms with E-state index in [-0.39, 0.29) is 0 Å². The van der Waals surface area contributed by atoms with Gasteiger partial charge in [-0.05, 0) is 73.5 Å². The Kier molecular flexibility index (Phi) is 4.85. The summed E-state index contributed by atoms with van der Waals surface area (Å²) in [4.78, 5) is 0. The van der Waals surface area contributed by atoms with Gasteiger partial charge >= 0.3 is 0 Å². The maximum atomic E-state index is 6.22. The summed E-state index contributed by atoms with van der Waals surface area (Å²) in [6.45, 7) is 4.18. The minimum absolute atomic E-state index is 0.756. The molecule has 0 unspecified atom stereocenters. The van der Waals surface area contributed by atoms with Gasteiger partial charge in [0, 0.05) is 17.0 Å². The molecule has 4 aromatic rings. The molecular weight excluding hydrogens is 348 g/mol. The minimum atomic E-state index is 0.756. The highest BCUT2D eigenvalue weighted by Gasteiger charge is 2.08. The van der Waals surface area contributed by atoms with Crippen molar-refractivity contribution in [3.8, 4) is 17.1 Å². The zero-order valence-electron chi connectivity index (χ0n) is 16.2. The van der Waals surface area contributed by atoms with E-state index in [0.717, 1.165) is 39.1 Å². The summed E-state index contributed by atoms with van der Waals surface area (Å²) in [5.41, 5.74) is 8.25. The molecule has 1 N–H and O–H groups in total. The summed E-state index contributed by atoms with van der Waals surface area (Å²) < 4.78 is 11.5. The second-order valence-electron chi connectivity index (χ2n) is 6.75. The Morgan fingerprint density at radius 2 is 1.57 bits per heavy atom. The molecule has 0 spiro atoms. The fraction of sp³-hybridized carbons (Fsp3) is 0.125. The fourth-order valence-corrected chi connectivity index (χ4v) is 3.05. The van der Waals surface area contributed by atoms with Gasteiger partial charge in [0.05, 0.1) is 18.2 Å². The molecule has 4 heteroatoms. The van der Waals surface area contributed by atoms with Gasteiger partial charge in [0.15, 0.2) is 0 Å². The van der Waals surface area contributed by atoms with Crippen LogP contribution in [0, 0.1) is 13.8 Å². The lowest BCUT2D eigenvalue weighted by molar-refractivity contribution is 0.415. The van der Waals surface area contributed by atoms with Crippen LogP contribution in [0.3, 0.4) is 0 Å². The average molecular weight is 370 g/mol. The number of anilines is 1. The predicted molar refractivity (Wildman–Crippen MR) is 113 cm³/mol. The van der Waals surface area contributed by atoms with Crippen molar-refractivity contribution in [2.24, 2.45) is 5.10 Å². The first kappa shape index (κ1) is 17.9. The smallest absolute Gasteiger partial charge is 0.137 e. The Balaban J connectivity index is 1.88. The quantitative estimate of drug-likeness (QED) is 0.472. The van der Waals surface area contributed by atoms with Crippen LogP contribution in [0.15, 0.2) is 82.3 Å². The molecule has 0 aliphatic carbocycles. The van der Waals surface area contributed by atoms with Gasteiger partial charge in [0.2, 0.25) is 0 Å². The summed E-state index contributed by atoms with van der Waals surface area (Å²) in [7, 11) is 1.66. The lowest BCUT2D eigenvalue weighted by atomic mass is 10.1. The van der Waals surface area contributed by atoms with Crippen molar-refractivity contribution < 1.29 is 9.15 Å². The number of benzene rings is 3. The van der Waals surface area contributed by atoms with Gasteiger partial charge in [0.25, 0.3) is 0 Å². The van der Waals surface area contributed by atoms with Crippen molar-refractivity contribution in [3.05, 3.63) is 89.3 Å². The maximum absolute atomic E-state index is 6.22. The van der Waals surface area contributed by atoms with Crippen LogP contribution >= 0.6 is 0 Å². The van der Waals surface area contributed by atoms with Crippen molar-refractivity contribution >= 4 is 16.7 Å². The van der Waals surface area contributed by atoms with Crippen molar-refractivity contribution in [3.63, 3.8) is 0 Å². The van der Waals surface area contributed by atoms with E-state index >= 15 is 0 Å². The lowest BCUT2D eigenvalue weighted by Crippen LogP contribution is -2.08. The summed E-state index contributed by atoms with van der Waals surface area (Å²) in [6, 6.07) is 23.9. The Bertz CT molecular complexity index is 1180. The number of para-hydroxylation sites is 1. The van der Waals surface area contributed by atoms with Crippen LogP contribution in [0.2, 0.25) is 0 Å². The summed E-state index contributed by atoms with van der Waals surface area (Å²) in [6.07, 6.45) is 0. The highest BCUT2D eigenvalue weighted by atomic mass is 16.5. The second kappa shape index (κ2) is 7.61. The van der Waals surface area contributed by atoms with Crippen molar-refractivity contribution in [2.45, 2.75) is 13.8 Å². The van der Waals surface area contributed by atoms with Gasteiger partial charge in [-0.1, -0.05) is 18.2 Å². The molecule has 0 aliphatic heterocycles. The average Bonchev–Trinajstić information content (AvgIpc) is 2.74. The SMILES string of the molecule is COc1ccc(-c2c/c(=N/Nc3ccccc3)c3cc(C)c(C)cc3o2)cc1. The summed E-state index contributed by atoms with van der Waals surface area (Å²) in [5.74, 6) is 1.57. The van der Waals surface area contributed by atoms with Gasteiger partial charge in [0.1, 0.15) is 17.1 Å². The van der Waals surface area contributed by atoms with Crippen LogP contribution < -0.4 is 15.5 Å². The molecule has 3 aromatic carbocycles. The number of hydrogen-bond donors (Lipinski definition) is 1. The molecule has 4 nitrogen and oxygen atoms in total. The van der Waals surface area contributed by atoms with Crippen molar-refractivity contribution in [1.82, 2.24) is 0 Å². The van der Waals surface area contributed by atoms with E-state index in [1.54, 1.807) is 7.11 Å². The highest BCUT2D eigenvalue weighted by molar-refractivity contribution is 5.80. The monoisotopic (exact) mass is 370 g/mol. The predicted octanol–water partition coefficient (Wildman–Crippen LogP) is 5.65. The number of fused-ring (bicyclic) bond motifs is 1. The Labute approximate surface area is 164 Å². The van der Waals surface area contributed by atoms with Crippen molar-refractivity contribution in [2.75, 3.05) is 12.5 Å². The highest BCUT2D eigenvalue weighted by Crippen LogP contribution is 2.25. The molecule has 0 fully saturated rings. The standard InChI is InChI=1S/C24H22N2O2/c1-16-13-21-22(26-25-19-7-5-4-6-8-19)15-23(28-24(21)14-17(16)2)18-9-11-20(27-3)12-10-18/h4-15,25H,1-3H3/b26-22-. The van der Waals surface area contributed by atoms with E-state index in [1.807, 2.05) is 60.7 Å². The van der Waals surface area contributed by atoms with E-state index in [0.29, 0.717) is 0 Å². The van der Waals surface area contributed by atoms with E-state index < -0.39 is 0 Å². The molecule has 0 bridgehead atoms. The molecular formula is C24H22N2O2. The molecule has 1 aromatic heterocycles. The molecule has 0 radical (unpaired) electrons. The molecule has 4 rings (SSSR count). The number of ether oxygens (including phenoxy) is 1. The number of hydrogen-bond acceptors (Lipinski definition) is 4. The van der Waals surface area contributed by atoms with Gasteiger partial charge in [-0.2, -0.15) is 5.10 Å². The van der Waals surface area contributed by atoms with Gasteiger partial charge < -0.3 is 9.15 Å². The molecule has 28 heavy (non-hydrogen) atoms. The third kappa shape index (κ3) is 3.62. The van der Waals surface area contributed by atoms with Crippen LogP contribution in [-0.2, 0) is 0 Å². The number of methoxy groups -OCH3 is 1. The van der Waals surface area contributed by atoms with Gasteiger partial charge in [-0.3, -0.25) is 5.43 Å². The zero-order chi connectivity index (χ0) is 19.5. The topological polar surface area (TPSA) is 46.8 Å². The Morgan fingerprint density at radius 3 is 2.29 bits per heavy atom. The normalized spacial score (nSPS) is 11.6. The Morgan fingerprint density at radius 1 is 0.857 bits per heavy atom. The minimum Gasteiger partial charge on any atom is -0.497 e. The molecule has 1 heterocycles. The van der Waals surface area contributed by atoms with Gasteiger partial charge in [-0.25, -0.2) is 0 Å². The maximum Gasteiger partial charge on any atom is 0.137 e. The second-order valence-corrected chi connectivity index (χ2v) is 6.75. The number of nitrogens with one attached hydrogen (secondary N) is 1. The molecule has 0 atom stereocenters. The van der Waals surface area contributed by atoms with E-state index in [4.69, 9.17) is 9.15 Å².